The molecule has 1 aliphatic rings. The average molecular weight is 202 g/mol. The summed E-state index contributed by atoms with van der Waals surface area (Å²) >= 11 is 0. The molecule has 0 radical (unpaired) electrons. The van der Waals surface area contributed by atoms with Crippen LogP contribution < -0.4 is 10.6 Å². The molecule has 1 aliphatic heterocycles. The maximum absolute atomic E-state index is 11.2. The standard InChI is InChI=1S/C11H10N2O2/c14-10-6-8(11(15)13-10)7-12-9-4-2-1-3-5-9/h1-6,12H,7H2,(H,13,14,15). The first-order valence-corrected chi connectivity index (χ1v) is 4.60. The van der Waals surface area contributed by atoms with Crippen molar-refractivity contribution >= 4 is 17.5 Å². The van der Waals surface area contributed by atoms with E-state index in [1.54, 1.807) is 0 Å². The number of carbonyl (C=O) groups excluding carboxylic acids is 2. The van der Waals surface area contributed by atoms with Crippen molar-refractivity contribution in [3.63, 3.8) is 0 Å². The molecular weight excluding hydrogens is 192 g/mol. The van der Waals surface area contributed by atoms with Gasteiger partial charge in [-0.15, -0.1) is 0 Å². The molecule has 0 fully saturated rings. The van der Waals surface area contributed by atoms with Gasteiger partial charge in [0.15, 0.2) is 0 Å². The van der Waals surface area contributed by atoms with E-state index in [0.717, 1.165) is 5.69 Å². The number of amides is 2. The van der Waals surface area contributed by atoms with E-state index in [2.05, 4.69) is 10.6 Å². The SMILES string of the molecule is O=C1C=C(CNc2ccccc2)C(=O)N1. The van der Waals surface area contributed by atoms with Gasteiger partial charge in [-0.1, -0.05) is 18.2 Å². The van der Waals surface area contributed by atoms with Crippen LogP contribution in [-0.2, 0) is 9.59 Å². The summed E-state index contributed by atoms with van der Waals surface area (Å²) < 4.78 is 0. The van der Waals surface area contributed by atoms with Gasteiger partial charge in [0.05, 0.1) is 0 Å². The monoisotopic (exact) mass is 202 g/mol. The number of carbonyl (C=O) groups is 2. The van der Waals surface area contributed by atoms with Gasteiger partial charge in [0.25, 0.3) is 11.8 Å². The van der Waals surface area contributed by atoms with Gasteiger partial charge in [-0.2, -0.15) is 0 Å². The van der Waals surface area contributed by atoms with Gasteiger partial charge in [0.1, 0.15) is 0 Å². The first-order valence-electron chi connectivity index (χ1n) is 4.60. The molecule has 76 valence electrons. The Bertz CT molecular complexity index is 423. The Morgan fingerprint density at radius 1 is 1.13 bits per heavy atom. The molecule has 2 rings (SSSR count). The number of para-hydroxylation sites is 1. The molecule has 2 N–H and O–H groups in total. The van der Waals surface area contributed by atoms with Crippen molar-refractivity contribution in [3.8, 4) is 0 Å². The summed E-state index contributed by atoms with van der Waals surface area (Å²) in [6.45, 7) is 0.363. The Labute approximate surface area is 87.0 Å². The third-order valence-electron chi connectivity index (χ3n) is 2.09. The smallest absolute Gasteiger partial charge is 0.256 e. The second-order valence-corrected chi connectivity index (χ2v) is 3.21. The van der Waals surface area contributed by atoms with Gasteiger partial charge in [-0.05, 0) is 12.1 Å². The summed E-state index contributed by atoms with van der Waals surface area (Å²) in [6, 6.07) is 9.51. The average Bonchev–Trinajstić information content (AvgIpc) is 2.56. The maximum atomic E-state index is 11.2. The van der Waals surface area contributed by atoms with Crippen LogP contribution in [0.4, 0.5) is 5.69 Å². The number of nitrogens with one attached hydrogen (secondary N) is 2. The van der Waals surface area contributed by atoms with Crippen LogP contribution in [0.5, 0.6) is 0 Å². The van der Waals surface area contributed by atoms with Crippen molar-refractivity contribution in [2.75, 3.05) is 11.9 Å². The van der Waals surface area contributed by atoms with Crippen LogP contribution in [0.1, 0.15) is 0 Å². The summed E-state index contributed by atoms with van der Waals surface area (Å²) in [7, 11) is 0. The van der Waals surface area contributed by atoms with E-state index in [1.165, 1.54) is 6.08 Å². The van der Waals surface area contributed by atoms with Gasteiger partial charge >= 0.3 is 0 Å². The third kappa shape index (κ3) is 2.22. The van der Waals surface area contributed by atoms with Crippen LogP contribution in [0.15, 0.2) is 42.0 Å². The van der Waals surface area contributed by atoms with Crippen molar-refractivity contribution in [2.45, 2.75) is 0 Å². The highest BCUT2D eigenvalue weighted by molar-refractivity contribution is 6.16. The van der Waals surface area contributed by atoms with E-state index in [0.29, 0.717) is 12.1 Å². The number of hydrogen-bond acceptors (Lipinski definition) is 3. The number of benzene rings is 1. The van der Waals surface area contributed by atoms with Gasteiger partial charge in [0, 0.05) is 23.9 Å². The fourth-order valence-corrected chi connectivity index (χ4v) is 1.34. The van der Waals surface area contributed by atoms with Gasteiger partial charge < -0.3 is 5.32 Å². The predicted octanol–water partition coefficient (Wildman–Crippen LogP) is 0.681. The minimum absolute atomic E-state index is 0.316. The summed E-state index contributed by atoms with van der Waals surface area (Å²) in [5, 5.41) is 5.25. The number of hydrogen-bond donors (Lipinski definition) is 2. The van der Waals surface area contributed by atoms with Crippen LogP contribution in [0, 0.1) is 0 Å². The molecule has 1 heterocycles. The van der Waals surface area contributed by atoms with Crippen molar-refractivity contribution < 1.29 is 9.59 Å². The molecule has 4 nitrogen and oxygen atoms in total. The second kappa shape index (κ2) is 3.96. The van der Waals surface area contributed by atoms with Gasteiger partial charge in [-0.3, -0.25) is 14.9 Å². The molecule has 0 saturated carbocycles. The molecule has 1 aromatic carbocycles. The van der Waals surface area contributed by atoms with Crippen molar-refractivity contribution in [1.29, 1.82) is 0 Å². The van der Waals surface area contributed by atoms with Crippen LogP contribution in [0.2, 0.25) is 0 Å². The lowest BCUT2D eigenvalue weighted by atomic mass is 10.2. The van der Waals surface area contributed by atoms with E-state index < -0.39 is 0 Å². The fraction of sp³-hybridized carbons (Fsp3) is 0.0909. The number of rotatable bonds is 3. The molecule has 0 spiro atoms. The van der Waals surface area contributed by atoms with Crippen LogP contribution >= 0.6 is 0 Å². The number of anilines is 1. The van der Waals surface area contributed by atoms with Gasteiger partial charge in [-0.25, -0.2) is 0 Å². The minimum Gasteiger partial charge on any atom is -0.381 e. The third-order valence-corrected chi connectivity index (χ3v) is 2.09. The molecule has 2 amide bonds. The Kier molecular flexibility index (Phi) is 2.49. The normalized spacial score (nSPS) is 14.8. The first kappa shape index (κ1) is 9.45. The van der Waals surface area contributed by atoms with E-state index in [9.17, 15) is 9.59 Å². The fourth-order valence-electron chi connectivity index (χ4n) is 1.34. The van der Waals surface area contributed by atoms with Crippen LogP contribution in [0.3, 0.4) is 0 Å². The zero-order chi connectivity index (χ0) is 10.7. The number of imide groups is 1. The van der Waals surface area contributed by atoms with Gasteiger partial charge in [0.2, 0.25) is 0 Å². The highest BCUT2D eigenvalue weighted by Gasteiger charge is 2.19. The van der Waals surface area contributed by atoms with Crippen LogP contribution in [-0.4, -0.2) is 18.4 Å². The molecule has 15 heavy (non-hydrogen) atoms. The highest BCUT2D eigenvalue weighted by Crippen LogP contribution is 2.08. The molecule has 0 unspecified atom stereocenters. The Morgan fingerprint density at radius 3 is 2.47 bits per heavy atom. The second-order valence-electron chi connectivity index (χ2n) is 3.21. The lowest BCUT2D eigenvalue weighted by Crippen LogP contribution is -2.24. The molecule has 1 aromatic rings. The Morgan fingerprint density at radius 2 is 1.87 bits per heavy atom. The largest absolute Gasteiger partial charge is 0.381 e. The quantitative estimate of drug-likeness (QED) is 0.709. The zero-order valence-corrected chi connectivity index (χ0v) is 7.99. The molecule has 0 atom stereocenters. The summed E-state index contributed by atoms with van der Waals surface area (Å²) in [6.07, 6.45) is 1.32. The summed E-state index contributed by atoms with van der Waals surface area (Å²) in [5.74, 6) is -0.659. The van der Waals surface area contributed by atoms with E-state index in [1.807, 2.05) is 30.3 Å². The van der Waals surface area contributed by atoms with Crippen LogP contribution in [0.25, 0.3) is 0 Å². The summed E-state index contributed by atoms with van der Waals surface area (Å²) in [5.41, 5.74) is 1.38. The van der Waals surface area contributed by atoms with Crippen molar-refractivity contribution in [2.24, 2.45) is 0 Å². The molecule has 0 saturated heterocycles. The van der Waals surface area contributed by atoms with E-state index >= 15 is 0 Å². The van der Waals surface area contributed by atoms with E-state index in [-0.39, 0.29) is 11.8 Å². The Balaban J connectivity index is 1.97. The topological polar surface area (TPSA) is 58.2 Å². The lowest BCUT2D eigenvalue weighted by molar-refractivity contribution is -0.123. The molecule has 4 heteroatoms. The predicted molar refractivity (Wildman–Crippen MR) is 56.2 cm³/mol. The van der Waals surface area contributed by atoms with E-state index in [4.69, 9.17) is 0 Å². The van der Waals surface area contributed by atoms with Crippen molar-refractivity contribution in [1.82, 2.24) is 5.32 Å². The maximum Gasteiger partial charge on any atom is 0.256 e. The lowest BCUT2D eigenvalue weighted by Gasteiger charge is -2.04. The highest BCUT2D eigenvalue weighted by atomic mass is 16.2. The first-order chi connectivity index (χ1) is 7.25. The Hall–Kier alpha value is -2.10. The van der Waals surface area contributed by atoms with Crippen molar-refractivity contribution in [3.05, 3.63) is 42.0 Å². The molecule has 0 bridgehead atoms. The zero-order valence-electron chi connectivity index (χ0n) is 7.99. The molecular formula is C11H10N2O2. The molecule has 0 aromatic heterocycles. The molecule has 0 aliphatic carbocycles. The minimum atomic E-state index is -0.343. The summed E-state index contributed by atoms with van der Waals surface area (Å²) in [4.78, 5) is 22.0.